The number of sulfone groups is 1. The second-order valence-electron chi connectivity index (χ2n) is 7.55. The van der Waals surface area contributed by atoms with Gasteiger partial charge >= 0.3 is 0 Å². The number of methoxy groups -OCH3 is 1. The number of nitrogens with one attached hydrogen (secondary N) is 1. The standard InChI is InChI=1S/C22H23N3O8S/c1-30-16-4-2-15(3-5-16)20-23-19(33-25-20)14-32-17-6-8-18(9-7-17)34(28,29)22(21(26)24-27)10-12-31-13-11-22/h2-9,27H,10-14H2,1H3,(H,24,26). The Balaban J connectivity index is 1.45. The maximum absolute atomic E-state index is 13.3. The van der Waals surface area contributed by atoms with E-state index in [0.29, 0.717) is 17.3 Å². The van der Waals surface area contributed by atoms with Crippen molar-refractivity contribution in [2.75, 3.05) is 20.3 Å². The molecule has 2 aromatic carbocycles. The van der Waals surface area contributed by atoms with Crippen LogP contribution in [-0.2, 0) is 26.0 Å². The van der Waals surface area contributed by atoms with Crippen molar-refractivity contribution in [1.29, 1.82) is 0 Å². The van der Waals surface area contributed by atoms with Crippen molar-refractivity contribution in [3.8, 4) is 22.9 Å². The summed E-state index contributed by atoms with van der Waals surface area (Å²) in [6.45, 7) is 0.163. The lowest BCUT2D eigenvalue weighted by Gasteiger charge is -2.34. The molecule has 1 saturated heterocycles. The highest BCUT2D eigenvalue weighted by atomic mass is 32.2. The van der Waals surface area contributed by atoms with Crippen LogP contribution in [0.4, 0.5) is 0 Å². The molecule has 0 saturated carbocycles. The molecule has 180 valence electrons. The molecule has 0 bridgehead atoms. The summed E-state index contributed by atoms with van der Waals surface area (Å²) >= 11 is 0. The molecular formula is C22H23N3O8S. The summed E-state index contributed by atoms with van der Waals surface area (Å²) in [7, 11) is -2.53. The van der Waals surface area contributed by atoms with Crippen molar-refractivity contribution in [2.24, 2.45) is 0 Å². The first-order valence-corrected chi connectivity index (χ1v) is 11.8. The van der Waals surface area contributed by atoms with Gasteiger partial charge in [0.25, 0.3) is 11.8 Å². The Morgan fingerprint density at radius 2 is 1.74 bits per heavy atom. The summed E-state index contributed by atoms with van der Waals surface area (Å²) in [4.78, 5) is 16.5. The van der Waals surface area contributed by atoms with E-state index in [-0.39, 0.29) is 43.4 Å². The van der Waals surface area contributed by atoms with Gasteiger partial charge in [-0.15, -0.1) is 0 Å². The van der Waals surface area contributed by atoms with Gasteiger partial charge in [-0.25, -0.2) is 13.9 Å². The molecule has 12 heteroatoms. The Morgan fingerprint density at radius 1 is 1.09 bits per heavy atom. The third-order valence-electron chi connectivity index (χ3n) is 5.64. The molecule has 4 rings (SSSR count). The lowest BCUT2D eigenvalue weighted by Crippen LogP contribution is -2.54. The number of benzene rings is 2. The zero-order valence-electron chi connectivity index (χ0n) is 18.3. The Bertz CT molecular complexity index is 1230. The van der Waals surface area contributed by atoms with E-state index in [1.54, 1.807) is 31.4 Å². The van der Waals surface area contributed by atoms with Crippen LogP contribution in [0.3, 0.4) is 0 Å². The highest BCUT2D eigenvalue weighted by molar-refractivity contribution is 7.93. The molecule has 11 nitrogen and oxygen atoms in total. The summed E-state index contributed by atoms with van der Waals surface area (Å²) in [6, 6.07) is 12.8. The second-order valence-corrected chi connectivity index (χ2v) is 9.81. The molecular weight excluding hydrogens is 466 g/mol. The minimum Gasteiger partial charge on any atom is -0.497 e. The first-order valence-electron chi connectivity index (χ1n) is 10.4. The summed E-state index contributed by atoms with van der Waals surface area (Å²) in [5, 5.41) is 13.1. The van der Waals surface area contributed by atoms with Gasteiger partial charge in [0.1, 0.15) is 11.5 Å². The van der Waals surface area contributed by atoms with Gasteiger partial charge in [0.05, 0.1) is 12.0 Å². The molecule has 2 heterocycles. The molecule has 1 aliphatic heterocycles. The molecule has 0 spiro atoms. The maximum Gasteiger partial charge on any atom is 0.265 e. The van der Waals surface area contributed by atoms with Crippen LogP contribution in [0.1, 0.15) is 18.7 Å². The third kappa shape index (κ3) is 4.47. The Morgan fingerprint density at radius 3 is 2.35 bits per heavy atom. The fourth-order valence-corrected chi connectivity index (χ4v) is 5.62. The van der Waals surface area contributed by atoms with Crippen molar-refractivity contribution in [1.82, 2.24) is 15.6 Å². The second kappa shape index (κ2) is 9.79. The summed E-state index contributed by atoms with van der Waals surface area (Å²) in [5.41, 5.74) is 2.24. The van der Waals surface area contributed by atoms with Gasteiger partial charge in [0, 0.05) is 18.8 Å². The van der Waals surface area contributed by atoms with Crippen LogP contribution < -0.4 is 15.0 Å². The first-order chi connectivity index (χ1) is 16.4. The number of aromatic nitrogens is 2. The van der Waals surface area contributed by atoms with E-state index in [4.69, 9.17) is 23.9 Å². The Kier molecular flexibility index (Phi) is 6.82. The number of nitrogens with zero attached hydrogens (tertiary/aromatic N) is 2. The highest BCUT2D eigenvalue weighted by Gasteiger charge is 2.52. The minimum absolute atomic E-state index is 0.0244. The summed E-state index contributed by atoms with van der Waals surface area (Å²) in [5.74, 6) is 0.742. The summed E-state index contributed by atoms with van der Waals surface area (Å²) in [6.07, 6.45) is -0.124. The van der Waals surface area contributed by atoms with Gasteiger partial charge in [-0.1, -0.05) is 5.16 Å². The number of ether oxygens (including phenoxy) is 3. The van der Waals surface area contributed by atoms with E-state index in [9.17, 15) is 13.2 Å². The monoisotopic (exact) mass is 489 g/mol. The molecule has 2 N–H and O–H groups in total. The molecule has 1 aliphatic rings. The number of hydroxylamine groups is 1. The van der Waals surface area contributed by atoms with Crippen LogP contribution in [0.15, 0.2) is 57.9 Å². The number of amides is 1. The number of hydrogen-bond acceptors (Lipinski definition) is 10. The number of carbonyl (C=O) groups excluding carboxylic acids is 1. The van der Waals surface area contributed by atoms with E-state index in [1.165, 1.54) is 29.7 Å². The molecule has 1 amide bonds. The number of carbonyl (C=O) groups is 1. The maximum atomic E-state index is 13.3. The van der Waals surface area contributed by atoms with Gasteiger partial charge in [0.2, 0.25) is 5.82 Å². The quantitative estimate of drug-likeness (QED) is 0.356. The average molecular weight is 490 g/mol. The van der Waals surface area contributed by atoms with Crippen molar-refractivity contribution in [3.05, 3.63) is 54.4 Å². The molecule has 0 unspecified atom stereocenters. The molecule has 1 fully saturated rings. The molecule has 34 heavy (non-hydrogen) atoms. The zero-order valence-corrected chi connectivity index (χ0v) is 19.1. The van der Waals surface area contributed by atoms with Crippen LogP contribution in [-0.4, -0.2) is 54.7 Å². The molecule has 1 aromatic heterocycles. The number of rotatable bonds is 8. The fourth-order valence-electron chi connectivity index (χ4n) is 3.68. The van der Waals surface area contributed by atoms with Gasteiger partial charge in [-0.2, -0.15) is 4.98 Å². The third-order valence-corrected chi connectivity index (χ3v) is 8.16. The van der Waals surface area contributed by atoms with E-state index in [0.717, 1.165) is 5.56 Å². The predicted molar refractivity (Wildman–Crippen MR) is 117 cm³/mol. The van der Waals surface area contributed by atoms with E-state index in [1.807, 2.05) is 0 Å². The van der Waals surface area contributed by atoms with Crippen molar-refractivity contribution in [2.45, 2.75) is 29.1 Å². The minimum atomic E-state index is -4.11. The van der Waals surface area contributed by atoms with E-state index >= 15 is 0 Å². The van der Waals surface area contributed by atoms with Crippen LogP contribution in [0, 0.1) is 0 Å². The van der Waals surface area contributed by atoms with Crippen LogP contribution in [0.2, 0.25) is 0 Å². The van der Waals surface area contributed by atoms with Crippen LogP contribution in [0.25, 0.3) is 11.4 Å². The highest BCUT2D eigenvalue weighted by Crippen LogP contribution is 2.35. The van der Waals surface area contributed by atoms with E-state index < -0.39 is 20.5 Å². The molecule has 0 aliphatic carbocycles. The van der Waals surface area contributed by atoms with Gasteiger partial charge in [-0.3, -0.25) is 10.0 Å². The average Bonchev–Trinajstić information content (AvgIpc) is 3.36. The van der Waals surface area contributed by atoms with Gasteiger partial charge < -0.3 is 18.7 Å². The normalized spacial score (nSPS) is 15.5. The van der Waals surface area contributed by atoms with E-state index in [2.05, 4.69) is 10.1 Å². The summed E-state index contributed by atoms with van der Waals surface area (Å²) < 4.78 is 45.9. The fraction of sp³-hybridized carbons (Fsp3) is 0.318. The molecule has 0 radical (unpaired) electrons. The SMILES string of the molecule is COc1ccc(-c2noc(COc3ccc(S(=O)(=O)C4(C(=O)NO)CCOCC4)cc3)n2)cc1. The Hall–Kier alpha value is -3.48. The lowest BCUT2D eigenvalue weighted by atomic mass is 9.98. The first kappa shape index (κ1) is 23.7. The predicted octanol–water partition coefficient (Wildman–Crippen LogP) is 2.15. The van der Waals surface area contributed by atoms with Crippen molar-refractivity contribution in [3.63, 3.8) is 0 Å². The molecule has 0 atom stereocenters. The lowest BCUT2D eigenvalue weighted by molar-refractivity contribution is -0.134. The smallest absolute Gasteiger partial charge is 0.265 e. The van der Waals surface area contributed by atoms with Crippen molar-refractivity contribution < 1.29 is 37.2 Å². The Labute approximate surface area is 195 Å². The molecule has 3 aromatic rings. The topological polar surface area (TPSA) is 150 Å². The number of hydrogen-bond donors (Lipinski definition) is 2. The zero-order chi connectivity index (χ0) is 24.2. The van der Waals surface area contributed by atoms with Crippen LogP contribution in [0.5, 0.6) is 11.5 Å². The largest absolute Gasteiger partial charge is 0.497 e. The van der Waals surface area contributed by atoms with Gasteiger partial charge in [0.15, 0.2) is 21.2 Å². The van der Waals surface area contributed by atoms with Crippen molar-refractivity contribution >= 4 is 15.7 Å². The van der Waals surface area contributed by atoms with Gasteiger partial charge in [-0.05, 0) is 61.4 Å². The van der Waals surface area contributed by atoms with Crippen LogP contribution >= 0.6 is 0 Å².